The molecule has 2 N–H and O–H groups in total. The van der Waals surface area contributed by atoms with Crippen LogP contribution in [0.25, 0.3) is 16.6 Å². The lowest BCUT2D eigenvalue weighted by Gasteiger charge is -2.17. The number of hydrogen-bond acceptors (Lipinski definition) is 4. The molecule has 0 spiro atoms. The second-order valence-electron chi connectivity index (χ2n) is 7.19. The van der Waals surface area contributed by atoms with Gasteiger partial charge in [0.1, 0.15) is 0 Å². The molecule has 7 heteroatoms. The second kappa shape index (κ2) is 7.39. The molecule has 1 aliphatic rings. The van der Waals surface area contributed by atoms with Crippen molar-refractivity contribution in [2.24, 2.45) is 0 Å². The molecule has 1 aliphatic carbocycles. The topological polar surface area (TPSA) is 49.8 Å². The van der Waals surface area contributed by atoms with Crippen molar-refractivity contribution in [3.8, 4) is 0 Å². The molecule has 1 fully saturated rings. The first-order valence-corrected chi connectivity index (χ1v) is 9.43. The fraction of sp³-hybridized carbons (Fsp3) is 0.273. The first-order valence-electron chi connectivity index (χ1n) is 9.43. The third-order valence-electron chi connectivity index (χ3n) is 5.08. The molecular formula is C22H21F3N4. The highest BCUT2D eigenvalue weighted by Gasteiger charge is 2.36. The molecule has 0 radical (unpaired) electrons. The van der Waals surface area contributed by atoms with E-state index in [-0.39, 0.29) is 11.4 Å². The van der Waals surface area contributed by atoms with Gasteiger partial charge >= 0.3 is 6.18 Å². The van der Waals surface area contributed by atoms with E-state index in [0.717, 1.165) is 24.1 Å². The monoisotopic (exact) mass is 398 g/mol. The van der Waals surface area contributed by atoms with Gasteiger partial charge in [-0.25, -0.2) is 4.98 Å². The Balaban J connectivity index is 1.75. The molecule has 0 unspecified atom stereocenters. The third-order valence-corrected chi connectivity index (χ3v) is 5.08. The van der Waals surface area contributed by atoms with E-state index in [4.69, 9.17) is 0 Å². The van der Waals surface area contributed by atoms with Crippen molar-refractivity contribution in [1.82, 2.24) is 15.3 Å². The number of halogens is 3. The fourth-order valence-corrected chi connectivity index (χ4v) is 3.37. The summed E-state index contributed by atoms with van der Waals surface area (Å²) in [5.41, 5.74) is 2.16. The van der Waals surface area contributed by atoms with E-state index < -0.39 is 11.7 Å². The molecule has 0 saturated heterocycles. The molecule has 2 aromatic heterocycles. The molecule has 3 aromatic rings. The molecule has 0 bridgehead atoms. The summed E-state index contributed by atoms with van der Waals surface area (Å²) in [6.07, 6.45) is -0.947. The molecule has 150 valence electrons. The first-order chi connectivity index (χ1) is 13.9. The van der Waals surface area contributed by atoms with Crippen LogP contribution in [-0.2, 0) is 12.7 Å². The Labute approximate surface area is 166 Å². The molecular weight excluding hydrogens is 377 g/mol. The highest BCUT2D eigenvalue weighted by atomic mass is 19.4. The summed E-state index contributed by atoms with van der Waals surface area (Å²) < 4.78 is 41.4. The Bertz CT molecular complexity index is 1060. The van der Waals surface area contributed by atoms with Gasteiger partial charge in [0.25, 0.3) is 0 Å². The van der Waals surface area contributed by atoms with Gasteiger partial charge < -0.3 is 10.6 Å². The van der Waals surface area contributed by atoms with Gasteiger partial charge in [0.2, 0.25) is 0 Å². The van der Waals surface area contributed by atoms with Gasteiger partial charge in [-0.1, -0.05) is 12.6 Å². The summed E-state index contributed by atoms with van der Waals surface area (Å²) in [6.45, 7) is 4.36. The lowest BCUT2D eigenvalue weighted by molar-refractivity contribution is -0.136. The number of alkyl halides is 3. The lowest BCUT2D eigenvalue weighted by Crippen LogP contribution is -2.14. The maximum absolute atomic E-state index is 13.8. The Morgan fingerprint density at radius 1 is 1.21 bits per heavy atom. The predicted molar refractivity (Wildman–Crippen MR) is 108 cm³/mol. The van der Waals surface area contributed by atoms with Crippen molar-refractivity contribution in [1.29, 1.82) is 0 Å². The normalized spacial score (nSPS) is 14.1. The van der Waals surface area contributed by atoms with Crippen molar-refractivity contribution < 1.29 is 13.2 Å². The fourth-order valence-electron chi connectivity index (χ4n) is 3.37. The summed E-state index contributed by atoms with van der Waals surface area (Å²) in [7, 11) is 1.69. The van der Waals surface area contributed by atoms with Crippen LogP contribution in [0.15, 0.2) is 49.2 Å². The standard InChI is InChI=1S/C22H21F3N4/c1-13(28-12-16-5-3-4-8-27-16)19-11-20(26-2)17-9-15(14-6-7-14)10-18(21(17)29-19)22(23,24)25/h3-5,8-11,14,28H,1,6-7,12H2,2H3,(H,26,29). The number of nitrogens with zero attached hydrogens (tertiary/aromatic N) is 2. The Kier molecular flexibility index (Phi) is 4.90. The molecule has 2 heterocycles. The molecule has 0 aliphatic heterocycles. The van der Waals surface area contributed by atoms with Gasteiger partial charge in [-0.15, -0.1) is 0 Å². The molecule has 4 nitrogen and oxygen atoms in total. The van der Waals surface area contributed by atoms with E-state index in [0.29, 0.717) is 29.0 Å². The average Bonchev–Trinajstić information content (AvgIpc) is 3.55. The minimum Gasteiger partial charge on any atom is -0.388 e. The number of fused-ring (bicyclic) bond motifs is 1. The quantitative estimate of drug-likeness (QED) is 0.589. The summed E-state index contributed by atoms with van der Waals surface area (Å²) in [6, 6.07) is 10.3. The zero-order valence-electron chi connectivity index (χ0n) is 16.0. The Morgan fingerprint density at radius 3 is 2.62 bits per heavy atom. The van der Waals surface area contributed by atoms with Crippen molar-refractivity contribution in [2.75, 3.05) is 12.4 Å². The van der Waals surface area contributed by atoms with Crippen molar-refractivity contribution in [3.05, 3.63) is 71.7 Å². The second-order valence-corrected chi connectivity index (χ2v) is 7.19. The van der Waals surface area contributed by atoms with Gasteiger partial charge in [0.05, 0.1) is 34.7 Å². The SMILES string of the molecule is C=C(NCc1ccccn1)c1cc(NC)c2cc(C3CC3)cc(C(F)(F)F)c2n1. The zero-order valence-corrected chi connectivity index (χ0v) is 16.0. The highest BCUT2D eigenvalue weighted by Crippen LogP contribution is 2.45. The number of hydrogen-bond donors (Lipinski definition) is 2. The van der Waals surface area contributed by atoms with E-state index in [9.17, 15) is 13.2 Å². The number of benzene rings is 1. The number of aromatic nitrogens is 2. The predicted octanol–water partition coefficient (Wildman–Crippen LogP) is 5.33. The van der Waals surface area contributed by atoms with Crippen LogP contribution in [0.5, 0.6) is 0 Å². The number of anilines is 1. The maximum atomic E-state index is 13.8. The zero-order chi connectivity index (χ0) is 20.6. The molecule has 29 heavy (non-hydrogen) atoms. The van der Waals surface area contributed by atoms with Gasteiger partial charge in [0, 0.05) is 24.3 Å². The molecule has 1 aromatic carbocycles. The minimum atomic E-state index is -4.48. The van der Waals surface area contributed by atoms with Crippen LogP contribution in [0.3, 0.4) is 0 Å². The molecule has 4 rings (SSSR count). The van der Waals surface area contributed by atoms with Crippen LogP contribution >= 0.6 is 0 Å². The van der Waals surface area contributed by atoms with E-state index >= 15 is 0 Å². The Morgan fingerprint density at radius 2 is 2.00 bits per heavy atom. The van der Waals surface area contributed by atoms with E-state index in [2.05, 4.69) is 27.2 Å². The van der Waals surface area contributed by atoms with Crippen LogP contribution in [0.1, 0.15) is 41.3 Å². The van der Waals surface area contributed by atoms with Gasteiger partial charge in [-0.05, 0) is 54.7 Å². The maximum Gasteiger partial charge on any atom is 0.418 e. The van der Waals surface area contributed by atoms with Crippen LogP contribution in [0.4, 0.5) is 18.9 Å². The minimum absolute atomic E-state index is 0.0652. The van der Waals surface area contributed by atoms with Crippen LogP contribution in [0.2, 0.25) is 0 Å². The molecule has 0 atom stereocenters. The largest absolute Gasteiger partial charge is 0.418 e. The lowest BCUT2D eigenvalue weighted by atomic mass is 10.00. The van der Waals surface area contributed by atoms with Crippen LogP contribution in [-0.4, -0.2) is 17.0 Å². The summed E-state index contributed by atoms with van der Waals surface area (Å²) in [5.74, 6) is 0.208. The van der Waals surface area contributed by atoms with Gasteiger partial charge in [-0.3, -0.25) is 4.98 Å². The summed E-state index contributed by atoms with van der Waals surface area (Å²) in [4.78, 5) is 8.56. The molecule has 0 amide bonds. The third kappa shape index (κ3) is 4.04. The average molecular weight is 398 g/mol. The van der Waals surface area contributed by atoms with Crippen LogP contribution < -0.4 is 10.6 Å². The first kappa shape index (κ1) is 19.2. The number of pyridine rings is 2. The number of rotatable bonds is 6. The number of nitrogens with one attached hydrogen (secondary N) is 2. The Hall–Kier alpha value is -3.09. The molecule has 1 saturated carbocycles. The van der Waals surface area contributed by atoms with Crippen molar-refractivity contribution >= 4 is 22.3 Å². The highest BCUT2D eigenvalue weighted by molar-refractivity contribution is 5.95. The van der Waals surface area contributed by atoms with E-state index in [1.165, 1.54) is 6.07 Å². The van der Waals surface area contributed by atoms with Crippen LogP contribution in [0, 0.1) is 0 Å². The van der Waals surface area contributed by atoms with E-state index in [1.54, 1.807) is 19.3 Å². The van der Waals surface area contributed by atoms with Crippen molar-refractivity contribution in [2.45, 2.75) is 31.5 Å². The van der Waals surface area contributed by atoms with Crippen molar-refractivity contribution in [3.63, 3.8) is 0 Å². The van der Waals surface area contributed by atoms with E-state index in [1.807, 2.05) is 24.3 Å². The van der Waals surface area contributed by atoms with Gasteiger partial charge in [0.15, 0.2) is 0 Å². The smallest absolute Gasteiger partial charge is 0.388 e. The summed E-state index contributed by atoms with van der Waals surface area (Å²) >= 11 is 0. The summed E-state index contributed by atoms with van der Waals surface area (Å²) in [5, 5.41) is 6.59. The van der Waals surface area contributed by atoms with Gasteiger partial charge in [-0.2, -0.15) is 13.2 Å².